The number of benzene rings is 1. The molecule has 13 heavy (non-hydrogen) atoms. The summed E-state index contributed by atoms with van der Waals surface area (Å²) in [6.07, 6.45) is 1.71. The van der Waals surface area contributed by atoms with E-state index in [4.69, 9.17) is 0 Å². The fourth-order valence-corrected chi connectivity index (χ4v) is 1.16. The first-order chi connectivity index (χ1) is 6.40. The SMILES string of the molecule is O=[O+][N-]c1ccc2ncccc2c1. The van der Waals surface area contributed by atoms with E-state index in [9.17, 15) is 4.96 Å². The number of pyridine rings is 1. The minimum atomic E-state index is 0.496. The molecule has 2 rings (SSSR count). The largest absolute Gasteiger partial charge is 0.256 e. The maximum absolute atomic E-state index is 9.75. The summed E-state index contributed by atoms with van der Waals surface area (Å²) in [6.45, 7) is 0. The second-order valence-electron chi connectivity index (χ2n) is 2.55. The molecule has 0 unspecified atom stereocenters. The number of hydrogen-bond acceptors (Lipinski definition) is 2. The predicted octanol–water partition coefficient (Wildman–Crippen LogP) is 2.77. The smallest absolute Gasteiger partial charge is 0.208 e. The van der Waals surface area contributed by atoms with Gasteiger partial charge >= 0.3 is 0 Å². The highest BCUT2D eigenvalue weighted by Gasteiger charge is 1.93. The Kier molecular flexibility index (Phi) is 1.88. The Labute approximate surface area is 74.1 Å². The lowest BCUT2D eigenvalue weighted by atomic mass is 10.2. The highest BCUT2D eigenvalue weighted by Crippen LogP contribution is 2.22. The van der Waals surface area contributed by atoms with Crippen molar-refractivity contribution in [2.75, 3.05) is 0 Å². The van der Waals surface area contributed by atoms with E-state index in [1.807, 2.05) is 12.1 Å². The summed E-state index contributed by atoms with van der Waals surface area (Å²) < 4.78 is 3.43. The number of hydrogen-bond donors (Lipinski definition) is 0. The third kappa shape index (κ3) is 1.46. The number of nitrogens with zero attached hydrogens (tertiary/aromatic N) is 2. The Morgan fingerprint density at radius 1 is 1.31 bits per heavy atom. The monoisotopic (exact) mass is 174 g/mol. The summed E-state index contributed by atoms with van der Waals surface area (Å²) in [6, 6.07) is 8.91. The summed E-state index contributed by atoms with van der Waals surface area (Å²) in [4.78, 5) is 13.9. The molecular formula is C9H6N2O2. The normalized spacial score (nSPS) is 9.85. The van der Waals surface area contributed by atoms with Gasteiger partial charge in [0.2, 0.25) is 4.96 Å². The topological polar surface area (TPSA) is 55.4 Å². The number of rotatable bonds is 2. The van der Waals surface area contributed by atoms with Crippen LogP contribution >= 0.6 is 0 Å². The first kappa shape index (κ1) is 7.67. The molecule has 1 heterocycles. The second-order valence-corrected chi connectivity index (χ2v) is 2.55. The van der Waals surface area contributed by atoms with Crippen LogP contribution in [0.15, 0.2) is 36.5 Å². The summed E-state index contributed by atoms with van der Waals surface area (Å²) in [7, 11) is 0. The second kappa shape index (κ2) is 3.18. The lowest BCUT2D eigenvalue weighted by molar-refractivity contribution is 1.41. The first-order valence-corrected chi connectivity index (χ1v) is 3.75. The molecular weight excluding hydrogens is 168 g/mol. The molecule has 0 fully saturated rings. The van der Waals surface area contributed by atoms with E-state index in [0.717, 1.165) is 10.9 Å². The van der Waals surface area contributed by atoms with E-state index in [1.54, 1.807) is 24.4 Å². The molecule has 0 spiro atoms. The van der Waals surface area contributed by atoms with Gasteiger partial charge in [0.1, 0.15) is 0 Å². The average Bonchev–Trinajstić information content (AvgIpc) is 2.18. The highest BCUT2D eigenvalue weighted by molar-refractivity contribution is 5.82. The van der Waals surface area contributed by atoms with Crippen LogP contribution in [0.2, 0.25) is 0 Å². The lowest BCUT2D eigenvalue weighted by Gasteiger charge is -2.00. The third-order valence-corrected chi connectivity index (χ3v) is 1.73. The molecule has 0 saturated heterocycles. The number of fused-ring (bicyclic) bond motifs is 1. The standard InChI is InChI=1S/C9H6N2O2/c12-13-11-8-3-4-9-7(6-8)2-1-5-10-9/h1-6H. The molecule has 4 heteroatoms. The van der Waals surface area contributed by atoms with Gasteiger partial charge in [-0.3, -0.25) is 4.98 Å². The van der Waals surface area contributed by atoms with Crippen LogP contribution in [0.4, 0.5) is 5.69 Å². The van der Waals surface area contributed by atoms with Crippen LogP contribution in [-0.2, 0) is 0 Å². The maximum atomic E-state index is 9.75. The van der Waals surface area contributed by atoms with E-state index in [-0.39, 0.29) is 0 Å². The minimum Gasteiger partial charge on any atom is -0.256 e. The Morgan fingerprint density at radius 3 is 3.08 bits per heavy atom. The van der Waals surface area contributed by atoms with Crippen molar-refractivity contribution in [3.63, 3.8) is 0 Å². The molecule has 0 atom stereocenters. The summed E-state index contributed by atoms with van der Waals surface area (Å²) in [5.41, 5.74) is 4.64. The zero-order valence-electron chi connectivity index (χ0n) is 6.68. The van der Waals surface area contributed by atoms with Gasteiger partial charge in [0.15, 0.2) is 0 Å². The zero-order chi connectivity index (χ0) is 9.10. The van der Waals surface area contributed by atoms with Gasteiger partial charge in [-0.1, -0.05) is 18.2 Å². The summed E-state index contributed by atoms with van der Waals surface area (Å²) in [5.74, 6) is 0. The molecule has 0 bridgehead atoms. The summed E-state index contributed by atoms with van der Waals surface area (Å²) in [5, 5.41) is 0.931. The highest BCUT2D eigenvalue weighted by atomic mass is 16.9. The molecule has 0 aliphatic rings. The van der Waals surface area contributed by atoms with Crippen LogP contribution in [0.5, 0.6) is 0 Å². The van der Waals surface area contributed by atoms with Crippen molar-refractivity contribution >= 4 is 16.6 Å². The van der Waals surface area contributed by atoms with Crippen LogP contribution in [0.25, 0.3) is 16.4 Å². The van der Waals surface area contributed by atoms with Crippen molar-refractivity contribution in [1.82, 2.24) is 4.98 Å². The van der Waals surface area contributed by atoms with E-state index in [0.29, 0.717) is 5.69 Å². The van der Waals surface area contributed by atoms with E-state index in [2.05, 4.69) is 15.2 Å². The molecule has 4 nitrogen and oxygen atoms in total. The average molecular weight is 174 g/mol. The molecule has 1 aromatic carbocycles. The van der Waals surface area contributed by atoms with Gasteiger partial charge in [-0.05, 0) is 23.2 Å². The van der Waals surface area contributed by atoms with Gasteiger partial charge in [0, 0.05) is 10.9 Å². The molecule has 0 radical (unpaired) electrons. The Morgan fingerprint density at radius 2 is 2.23 bits per heavy atom. The summed E-state index contributed by atoms with van der Waals surface area (Å²) >= 11 is 0. The van der Waals surface area contributed by atoms with Crippen LogP contribution < -0.4 is 0 Å². The van der Waals surface area contributed by atoms with Gasteiger partial charge < -0.3 is 0 Å². The molecule has 0 N–H and O–H groups in total. The molecule has 2 aromatic rings. The van der Waals surface area contributed by atoms with Gasteiger partial charge in [-0.2, -0.15) is 5.48 Å². The van der Waals surface area contributed by atoms with Gasteiger partial charge in [0.05, 0.1) is 5.52 Å². The van der Waals surface area contributed by atoms with E-state index in [1.165, 1.54) is 0 Å². The van der Waals surface area contributed by atoms with E-state index < -0.39 is 0 Å². The molecule has 0 saturated carbocycles. The Balaban J connectivity index is 2.55. The van der Waals surface area contributed by atoms with Crippen molar-refractivity contribution in [3.05, 3.63) is 51.7 Å². The van der Waals surface area contributed by atoms with Crippen molar-refractivity contribution in [2.24, 2.45) is 0 Å². The third-order valence-electron chi connectivity index (χ3n) is 1.73. The predicted molar refractivity (Wildman–Crippen MR) is 51.5 cm³/mol. The fraction of sp³-hybridized carbons (Fsp3) is 0. The van der Waals surface area contributed by atoms with Gasteiger partial charge in [0.25, 0.3) is 0 Å². The fourth-order valence-electron chi connectivity index (χ4n) is 1.16. The van der Waals surface area contributed by atoms with Crippen LogP contribution in [0.1, 0.15) is 0 Å². The van der Waals surface area contributed by atoms with Crippen LogP contribution in [0, 0.1) is 9.66 Å². The van der Waals surface area contributed by atoms with Gasteiger partial charge in [-0.25, -0.2) is 0 Å². The molecule has 64 valence electrons. The zero-order valence-corrected chi connectivity index (χ0v) is 6.68. The van der Waals surface area contributed by atoms with E-state index >= 15 is 0 Å². The first-order valence-electron chi connectivity index (χ1n) is 3.75. The quantitative estimate of drug-likeness (QED) is 0.519. The molecule has 0 aliphatic heterocycles. The van der Waals surface area contributed by atoms with Crippen molar-refractivity contribution in [1.29, 1.82) is 0 Å². The van der Waals surface area contributed by atoms with Gasteiger partial charge in [-0.15, -0.1) is 0 Å². The molecule has 0 aliphatic carbocycles. The van der Waals surface area contributed by atoms with Crippen LogP contribution in [0.3, 0.4) is 0 Å². The number of aromatic nitrogens is 1. The van der Waals surface area contributed by atoms with Crippen molar-refractivity contribution in [3.8, 4) is 0 Å². The van der Waals surface area contributed by atoms with Crippen molar-refractivity contribution < 1.29 is 0 Å². The molecule has 0 amide bonds. The Hall–Kier alpha value is -1.97. The van der Waals surface area contributed by atoms with Crippen LogP contribution in [-0.4, -0.2) is 4.98 Å². The van der Waals surface area contributed by atoms with Crippen molar-refractivity contribution in [2.45, 2.75) is 0 Å². The molecule has 1 aromatic heterocycles. The Bertz CT molecular complexity index is 442. The maximum Gasteiger partial charge on any atom is 0.208 e. The minimum absolute atomic E-state index is 0.496. The lowest BCUT2D eigenvalue weighted by Crippen LogP contribution is -1.76.